The molecule has 1 N–H and O–H groups in total. The quantitative estimate of drug-likeness (QED) is 0.924. The lowest BCUT2D eigenvalue weighted by Crippen LogP contribution is -2.38. The fourth-order valence-corrected chi connectivity index (χ4v) is 3.35. The van der Waals surface area contributed by atoms with Gasteiger partial charge in [-0.3, -0.25) is 4.90 Å². The van der Waals surface area contributed by atoms with Crippen LogP contribution in [0.25, 0.3) is 0 Å². The molecule has 112 valence electrons. The molecular formula is C16H25ClN2O. The highest BCUT2D eigenvalue weighted by molar-refractivity contribution is 5.85. The molecule has 0 amide bonds. The molecule has 3 nitrogen and oxygen atoms in total. The number of nitrogens with one attached hydrogen (secondary N) is 1. The van der Waals surface area contributed by atoms with Gasteiger partial charge in [0.25, 0.3) is 0 Å². The minimum absolute atomic E-state index is 0. The van der Waals surface area contributed by atoms with Crippen LogP contribution in [0.4, 0.5) is 0 Å². The number of benzene rings is 1. The molecule has 2 aliphatic heterocycles. The summed E-state index contributed by atoms with van der Waals surface area (Å²) in [5.74, 6) is 1.91. The van der Waals surface area contributed by atoms with Gasteiger partial charge in [-0.2, -0.15) is 0 Å². The summed E-state index contributed by atoms with van der Waals surface area (Å²) in [6.07, 6.45) is 3.78. The minimum Gasteiger partial charge on any atom is -0.493 e. The van der Waals surface area contributed by atoms with Gasteiger partial charge in [0.1, 0.15) is 5.75 Å². The average molecular weight is 297 g/mol. The lowest BCUT2D eigenvalue weighted by Gasteiger charge is -2.32. The van der Waals surface area contributed by atoms with E-state index in [1.54, 1.807) is 0 Å². The fourth-order valence-electron chi connectivity index (χ4n) is 3.35. The molecule has 2 aliphatic rings. The van der Waals surface area contributed by atoms with E-state index in [9.17, 15) is 0 Å². The van der Waals surface area contributed by atoms with Gasteiger partial charge < -0.3 is 10.1 Å². The normalized spacial score (nSPS) is 21.9. The number of piperidine rings is 1. The third-order valence-corrected chi connectivity index (χ3v) is 4.26. The summed E-state index contributed by atoms with van der Waals surface area (Å²) in [5, 5.41) is 3.31. The van der Waals surface area contributed by atoms with Crippen LogP contribution in [-0.4, -0.2) is 38.2 Å². The predicted octanol–water partition coefficient (Wildman–Crippen LogP) is 2.47. The summed E-state index contributed by atoms with van der Waals surface area (Å²) < 4.78 is 5.57. The first-order valence-corrected chi connectivity index (χ1v) is 7.46. The van der Waals surface area contributed by atoms with E-state index >= 15 is 0 Å². The zero-order valence-electron chi connectivity index (χ0n) is 12.2. The van der Waals surface area contributed by atoms with Crippen molar-refractivity contribution in [1.29, 1.82) is 0 Å². The third kappa shape index (κ3) is 3.66. The van der Waals surface area contributed by atoms with Crippen molar-refractivity contribution in [2.45, 2.75) is 25.8 Å². The molecule has 3 rings (SSSR count). The van der Waals surface area contributed by atoms with E-state index < -0.39 is 0 Å². The van der Waals surface area contributed by atoms with Gasteiger partial charge in [0.05, 0.1) is 6.61 Å². The van der Waals surface area contributed by atoms with Gasteiger partial charge in [0, 0.05) is 19.5 Å². The van der Waals surface area contributed by atoms with Crippen LogP contribution in [-0.2, 0) is 13.0 Å². The smallest absolute Gasteiger partial charge is 0.122 e. The van der Waals surface area contributed by atoms with Gasteiger partial charge in [-0.1, -0.05) is 12.1 Å². The second-order valence-corrected chi connectivity index (χ2v) is 5.84. The highest BCUT2D eigenvalue weighted by atomic mass is 35.5. The summed E-state index contributed by atoms with van der Waals surface area (Å²) >= 11 is 0. The topological polar surface area (TPSA) is 24.5 Å². The first kappa shape index (κ1) is 15.6. The summed E-state index contributed by atoms with van der Waals surface area (Å²) in [6, 6.07) is 6.71. The van der Waals surface area contributed by atoms with Crippen LogP contribution >= 0.6 is 12.4 Å². The van der Waals surface area contributed by atoms with Crippen LogP contribution in [0, 0.1) is 5.92 Å². The number of nitrogens with zero attached hydrogens (tertiary/aromatic N) is 1. The monoisotopic (exact) mass is 296 g/mol. The standard InChI is InChI=1S/C16H24N2O.ClH/c1-17-10-14-3-2-7-18(12-14)11-13-4-5-16-15(9-13)6-8-19-16;/h4-5,9,14,17H,2-3,6-8,10-12H2,1H3;1H. The van der Waals surface area contributed by atoms with Crippen molar-refractivity contribution in [3.63, 3.8) is 0 Å². The van der Waals surface area contributed by atoms with Crippen molar-refractivity contribution in [2.75, 3.05) is 33.3 Å². The lowest BCUT2D eigenvalue weighted by molar-refractivity contribution is 0.167. The van der Waals surface area contributed by atoms with E-state index in [1.807, 2.05) is 0 Å². The Balaban J connectivity index is 0.00000147. The van der Waals surface area contributed by atoms with Gasteiger partial charge in [0.15, 0.2) is 0 Å². The molecule has 2 heterocycles. The lowest BCUT2D eigenvalue weighted by atomic mass is 9.97. The Bertz CT molecular complexity index is 436. The summed E-state index contributed by atoms with van der Waals surface area (Å²) in [6.45, 7) is 5.57. The second-order valence-electron chi connectivity index (χ2n) is 5.84. The maximum atomic E-state index is 5.57. The molecule has 1 aromatic carbocycles. The van der Waals surface area contributed by atoms with Crippen LogP contribution < -0.4 is 10.1 Å². The molecule has 1 aromatic rings. The Morgan fingerprint density at radius 2 is 2.30 bits per heavy atom. The molecule has 1 saturated heterocycles. The van der Waals surface area contributed by atoms with E-state index in [0.29, 0.717) is 0 Å². The molecule has 4 heteroatoms. The number of rotatable bonds is 4. The highest BCUT2D eigenvalue weighted by Gasteiger charge is 2.20. The molecule has 0 radical (unpaired) electrons. The summed E-state index contributed by atoms with van der Waals surface area (Å²) in [7, 11) is 2.06. The minimum atomic E-state index is 0. The Morgan fingerprint density at radius 3 is 3.15 bits per heavy atom. The van der Waals surface area contributed by atoms with Crippen LogP contribution in [0.1, 0.15) is 24.0 Å². The Hall–Kier alpha value is -0.770. The molecule has 20 heavy (non-hydrogen) atoms. The van der Waals surface area contributed by atoms with Crippen molar-refractivity contribution in [2.24, 2.45) is 5.92 Å². The van der Waals surface area contributed by atoms with Crippen molar-refractivity contribution < 1.29 is 4.74 Å². The fraction of sp³-hybridized carbons (Fsp3) is 0.625. The number of likely N-dealkylation sites (tertiary alicyclic amines) is 1. The van der Waals surface area contributed by atoms with Crippen LogP contribution in [0.3, 0.4) is 0 Å². The maximum absolute atomic E-state index is 5.57. The second kappa shape index (κ2) is 7.30. The summed E-state index contributed by atoms with van der Waals surface area (Å²) in [4.78, 5) is 2.60. The molecule has 1 unspecified atom stereocenters. The van der Waals surface area contributed by atoms with E-state index in [1.165, 1.54) is 37.1 Å². The van der Waals surface area contributed by atoms with E-state index in [2.05, 4.69) is 35.5 Å². The molecule has 0 spiro atoms. The van der Waals surface area contributed by atoms with Gasteiger partial charge in [0.2, 0.25) is 0 Å². The van der Waals surface area contributed by atoms with Crippen LogP contribution in [0.2, 0.25) is 0 Å². The predicted molar refractivity (Wildman–Crippen MR) is 84.8 cm³/mol. The maximum Gasteiger partial charge on any atom is 0.122 e. The molecule has 0 aliphatic carbocycles. The number of halogens is 1. The first-order valence-electron chi connectivity index (χ1n) is 7.46. The van der Waals surface area contributed by atoms with E-state index in [0.717, 1.165) is 37.8 Å². The number of hydrogen-bond donors (Lipinski definition) is 1. The van der Waals surface area contributed by atoms with Crippen molar-refractivity contribution >= 4 is 12.4 Å². The van der Waals surface area contributed by atoms with Gasteiger partial charge in [-0.25, -0.2) is 0 Å². The van der Waals surface area contributed by atoms with Crippen molar-refractivity contribution in [1.82, 2.24) is 10.2 Å². The molecule has 1 atom stereocenters. The van der Waals surface area contributed by atoms with Crippen molar-refractivity contribution in [3.8, 4) is 5.75 Å². The SMILES string of the molecule is CNCC1CCCN(Cc2ccc3c(c2)CCO3)C1.Cl. The summed E-state index contributed by atoms with van der Waals surface area (Å²) in [5.41, 5.74) is 2.83. The number of fused-ring (bicyclic) bond motifs is 1. The zero-order valence-corrected chi connectivity index (χ0v) is 13.0. The highest BCUT2D eigenvalue weighted by Crippen LogP contribution is 2.27. The molecule has 0 bridgehead atoms. The number of ether oxygens (including phenoxy) is 1. The Kier molecular flexibility index (Phi) is 5.70. The average Bonchev–Trinajstić information content (AvgIpc) is 2.87. The van der Waals surface area contributed by atoms with Gasteiger partial charge in [-0.05, 0) is 56.1 Å². The van der Waals surface area contributed by atoms with E-state index in [-0.39, 0.29) is 12.4 Å². The Labute approximate surface area is 128 Å². The van der Waals surface area contributed by atoms with E-state index in [4.69, 9.17) is 4.74 Å². The molecular weight excluding hydrogens is 272 g/mol. The molecule has 1 fully saturated rings. The molecule has 0 saturated carbocycles. The first-order chi connectivity index (χ1) is 9.35. The molecule has 0 aromatic heterocycles. The van der Waals surface area contributed by atoms with Crippen LogP contribution in [0.15, 0.2) is 18.2 Å². The van der Waals surface area contributed by atoms with Gasteiger partial charge in [-0.15, -0.1) is 12.4 Å². The van der Waals surface area contributed by atoms with Crippen molar-refractivity contribution in [3.05, 3.63) is 29.3 Å². The zero-order chi connectivity index (χ0) is 13.1. The van der Waals surface area contributed by atoms with Gasteiger partial charge >= 0.3 is 0 Å². The third-order valence-electron chi connectivity index (χ3n) is 4.26. The largest absolute Gasteiger partial charge is 0.493 e. The number of hydrogen-bond acceptors (Lipinski definition) is 3. The van der Waals surface area contributed by atoms with Crippen LogP contribution in [0.5, 0.6) is 5.75 Å². The Morgan fingerprint density at radius 1 is 1.40 bits per heavy atom.